The molecular formula is C20H16N2O5. The molecule has 27 heavy (non-hydrogen) atoms. The highest BCUT2D eigenvalue weighted by Crippen LogP contribution is 2.42. The Kier molecular flexibility index (Phi) is 3.99. The Morgan fingerprint density at radius 2 is 1.93 bits per heavy atom. The number of cyclic esters (lactones) is 1. The third-order valence-electron chi connectivity index (χ3n) is 4.86. The fourth-order valence-corrected chi connectivity index (χ4v) is 3.66. The maximum atomic E-state index is 12.9. The van der Waals surface area contributed by atoms with Crippen LogP contribution in [0.1, 0.15) is 23.5 Å². The second-order valence-electron chi connectivity index (χ2n) is 6.61. The number of hydrogen-bond acceptors (Lipinski definition) is 5. The van der Waals surface area contributed by atoms with Crippen molar-refractivity contribution in [3.05, 3.63) is 81.0 Å². The molecule has 0 saturated carbocycles. The molecule has 0 radical (unpaired) electrons. The van der Waals surface area contributed by atoms with Gasteiger partial charge in [0.05, 0.1) is 16.2 Å². The van der Waals surface area contributed by atoms with Gasteiger partial charge in [-0.05, 0) is 30.2 Å². The van der Waals surface area contributed by atoms with Crippen LogP contribution >= 0.6 is 0 Å². The van der Waals surface area contributed by atoms with Gasteiger partial charge in [0.2, 0.25) is 5.91 Å². The first-order chi connectivity index (χ1) is 13.0. The van der Waals surface area contributed by atoms with Gasteiger partial charge in [0, 0.05) is 30.2 Å². The molecule has 1 amide bonds. The van der Waals surface area contributed by atoms with Gasteiger partial charge in [-0.2, -0.15) is 0 Å². The highest BCUT2D eigenvalue weighted by molar-refractivity contribution is 6.06. The van der Waals surface area contributed by atoms with E-state index < -0.39 is 16.8 Å². The predicted octanol–water partition coefficient (Wildman–Crippen LogP) is 3.23. The van der Waals surface area contributed by atoms with Gasteiger partial charge in [-0.15, -0.1) is 0 Å². The predicted molar refractivity (Wildman–Crippen MR) is 97.1 cm³/mol. The van der Waals surface area contributed by atoms with Crippen LogP contribution in [0.2, 0.25) is 0 Å². The van der Waals surface area contributed by atoms with Crippen LogP contribution in [0.15, 0.2) is 59.8 Å². The van der Waals surface area contributed by atoms with E-state index in [0.717, 1.165) is 5.56 Å². The molecule has 7 nitrogen and oxygen atoms in total. The highest BCUT2D eigenvalue weighted by Gasteiger charge is 2.43. The van der Waals surface area contributed by atoms with Gasteiger partial charge in [0.25, 0.3) is 5.69 Å². The molecule has 0 N–H and O–H groups in total. The largest absolute Gasteiger partial charge is 0.456 e. The van der Waals surface area contributed by atoms with E-state index in [9.17, 15) is 19.7 Å². The number of hydrogen-bond donors (Lipinski definition) is 0. The summed E-state index contributed by atoms with van der Waals surface area (Å²) in [5.74, 6) is -1.20. The Hall–Kier alpha value is -3.48. The molecule has 0 aliphatic carbocycles. The standard InChI is InChI=1S/C20H16N2O5/c1-12-4-2-6-14(8-12)21-17-11-27-20(24)19(17)16(10-18(21)23)13-5-3-7-15(9-13)22(25)26/h2-9,16H,10-11H2,1H3/t16-/m1/s1. The van der Waals surface area contributed by atoms with Crippen molar-refractivity contribution in [2.24, 2.45) is 0 Å². The summed E-state index contributed by atoms with van der Waals surface area (Å²) < 4.78 is 5.22. The molecule has 2 heterocycles. The SMILES string of the molecule is Cc1cccc(N2C(=O)C[C@H](c3cccc([N+](=O)[O-])c3)C3=C2COC3=O)c1. The van der Waals surface area contributed by atoms with Crippen LogP contribution in [-0.2, 0) is 14.3 Å². The van der Waals surface area contributed by atoms with Gasteiger partial charge in [-0.25, -0.2) is 4.79 Å². The van der Waals surface area contributed by atoms with E-state index in [1.807, 2.05) is 31.2 Å². The number of esters is 1. The summed E-state index contributed by atoms with van der Waals surface area (Å²) in [6.45, 7) is 1.94. The zero-order valence-electron chi connectivity index (χ0n) is 14.5. The number of nitrogens with zero attached hydrogens (tertiary/aromatic N) is 2. The van der Waals surface area contributed by atoms with Crippen LogP contribution in [0.3, 0.4) is 0 Å². The number of nitro groups is 1. The highest BCUT2D eigenvalue weighted by atomic mass is 16.6. The number of carbonyl (C=O) groups is 2. The third kappa shape index (κ3) is 2.87. The smallest absolute Gasteiger partial charge is 0.336 e. The van der Waals surface area contributed by atoms with Gasteiger partial charge in [0.15, 0.2) is 0 Å². The number of carbonyl (C=O) groups excluding carboxylic acids is 2. The maximum Gasteiger partial charge on any atom is 0.336 e. The van der Waals surface area contributed by atoms with Crippen molar-refractivity contribution in [2.45, 2.75) is 19.3 Å². The summed E-state index contributed by atoms with van der Waals surface area (Å²) in [7, 11) is 0. The zero-order valence-corrected chi connectivity index (χ0v) is 14.5. The van der Waals surface area contributed by atoms with E-state index in [-0.39, 0.29) is 24.6 Å². The van der Waals surface area contributed by atoms with Crippen molar-refractivity contribution in [3.63, 3.8) is 0 Å². The molecule has 2 aliphatic rings. The lowest BCUT2D eigenvalue weighted by atomic mass is 9.84. The Bertz CT molecular complexity index is 1010. The fraction of sp³-hybridized carbons (Fsp3) is 0.200. The molecule has 0 aromatic heterocycles. The van der Waals surface area contributed by atoms with Gasteiger partial charge in [-0.1, -0.05) is 24.3 Å². The fourth-order valence-electron chi connectivity index (χ4n) is 3.66. The van der Waals surface area contributed by atoms with E-state index >= 15 is 0 Å². The summed E-state index contributed by atoms with van der Waals surface area (Å²) in [6, 6.07) is 13.5. The van der Waals surface area contributed by atoms with E-state index in [0.29, 0.717) is 22.5 Å². The lowest BCUT2D eigenvalue weighted by Crippen LogP contribution is -2.37. The molecular weight excluding hydrogens is 348 g/mol. The number of rotatable bonds is 3. The topological polar surface area (TPSA) is 89.8 Å². The Morgan fingerprint density at radius 3 is 2.67 bits per heavy atom. The minimum Gasteiger partial charge on any atom is -0.456 e. The first kappa shape index (κ1) is 17.0. The van der Waals surface area contributed by atoms with Gasteiger partial charge >= 0.3 is 5.97 Å². The molecule has 2 aromatic rings. The first-order valence-electron chi connectivity index (χ1n) is 8.50. The minimum atomic E-state index is -0.552. The van der Waals surface area contributed by atoms with Crippen molar-refractivity contribution < 1.29 is 19.2 Å². The van der Waals surface area contributed by atoms with Gasteiger partial charge in [0.1, 0.15) is 6.61 Å². The second-order valence-corrected chi connectivity index (χ2v) is 6.61. The molecule has 136 valence electrons. The lowest BCUT2D eigenvalue weighted by molar-refractivity contribution is -0.384. The number of anilines is 1. The van der Waals surface area contributed by atoms with E-state index in [1.165, 1.54) is 17.0 Å². The molecule has 2 aromatic carbocycles. The number of non-ortho nitro benzene ring substituents is 1. The molecule has 4 rings (SSSR count). The monoisotopic (exact) mass is 364 g/mol. The second kappa shape index (κ2) is 6.35. The average molecular weight is 364 g/mol. The average Bonchev–Trinajstić information content (AvgIpc) is 3.02. The molecule has 0 unspecified atom stereocenters. The molecule has 0 fully saturated rings. The maximum absolute atomic E-state index is 12.9. The van der Waals surface area contributed by atoms with Crippen molar-refractivity contribution >= 4 is 23.3 Å². The van der Waals surface area contributed by atoms with E-state index in [4.69, 9.17) is 4.74 Å². The number of benzene rings is 2. The van der Waals surface area contributed by atoms with Gasteiger partial charge in [-0.3, -0.25) is 19.8 Å². The number of nitro benzene ring substituents is 1. The summed E-state index contributed by atoms with van der Waals surface area (Å²) >= 11 is 0. The molecule has 7 heteroatoms. The minimum absolute atomic E-state index is 0.0132. The Morgan fingerprint density at radius 1 is 1.15 bits per heavy atom. The van der Waals surface area contributed by atoms with Crippen LogP contribution < -0.4 is 4.90 Å². The van der Waals surface area contributed by atoms with Crippen molar-refractivity contribution in [1.29, 1.82) is 0 Å². The third-order valence-corrected chi connectivity index (χ3v) is 4.86. The van der Waals surface area contributed by atoms with Crippen molar-refractivity contribution in [2.75, 3.05) is 11.5 Å². The molecule has 1 atom stereocenters. The normalized spacial score (nSPS) is 19.1. The quantitative estimate of drug-likeness (QED) is 0.474. The van der Waals surface area contributed by atoms with Crippen LogP contribution in [-0.4, -0.2) is 23.4 Å². The number of ether oxygens (including phenoxy) is 1. The molecule has 0 bridgehead atoms. The first-order valence-corrected chi connectivity index (χ1v) is 8.50. The zero-order chi connectivity index (χ0) is 19.1. The van der Waals surface area contributed by atoms with Gasteiger partial charge < -0.3 is 4.74 Å². The molecule has 2 aliphatic heterocycles. The summed E-state index contributed by atoms with van der Waals surface area (Å²) in [4.78, 5) is 37.5. The van der Waals surface area contributed by atoms with Crippen LogP contribution in [0.25, 0.3) is 0 Å². The lowest BCUT2D eigenvalue weighted by Gasteiger charge is -2.32. The van der Waals surface area contributed by atoms with Crippen molar-refractivity contribution in [3.8, 4) is 0 Å². The van der Waals surface area contributed by atoms with Crippen LogP contribution in [0.5, 0.6) is 0 Å². The number of amides is 1. The molecule has 0 spiro atoms. The molecule has 0 saturated heterocycles. The van der Waals surface area contributed by atoms with E-state index in [2.05, 4.69) is 0 Å². The summed E-state index contributed by atoms with van der Waals surface area (Å²) in [5.41, 5.74) is 3.08. The van der Waals surface area contributed by atoms with E-state index in [1.54, 1.807) is 12.1 Å². The van der Waals surface area contributed by atoms with Crippen LogP contribution in [0, 0.1) is 17.0 Å². The Labute approximate surface area is 155 Å². The number of aryl methyl sites for hydroxylation is 1. The van der Waals surface area contributed by atoms with Crippen molar-refractivity contribution in [1.82, 2.24) is 0 Å². The van der Waals surface area contributed by atoms with Crippen LogP contribution in [0.4, 0.5) is 11.4 Å². The summed E-state index contributed by atoms with van der Waals surface area (Å²) in [5, 5.41) is 11.1. The Balaban J connectivity index is 1.83. The summed E-state index contributed by atoms with van der Waals surface area (Å²) in [6.07, 6.45) is 0.0447.